The van der Waals surface area contributed by atoms with E-state index in [-0.39, 0.29) is 11.6 Å². The largest absolute Gasteiger partial charge is 0.379 e. The van der Waals surface area contributed by atoms with Gasteiger partial charge in [0.05, 0.1) is 17.9 Å². The number of hydrogen-bond acceptors (Lipinski definition) is 2. The van der Waals surface area contributed by atoms with Gasteiger partial charge in [-0.25, -0.2) is 8.78 Å². The summed E-state index contributed by atoms with van der Waals surface area (Å²) in [5.74, 6) is -0.525. The fourth-order valence-electron chi connectivity index (χ4n) is 2.19. The average Bonchev–Trinajstić information content (AvgIpc) is 2.88. The molecule has 1 heterocycles. The van der Waals surface area contributed by atoms with Gasteiger partial charge in [-0.05, 0) is 54.6 Å². The van der Waals surface area contributed by atoms with E-state index >= 15 is 0 Å². The first kappa shape index (κ1) is 14.3. The van der Waals surface area contributed by atoms with Crippen molar-refractivity contribution in [3.05, 3.63) is 71.9 Å². The molecule has 3 nitrogen and oxygen atoms in total. The van der Waals surface area contributed by atoms with Gasteiger partial charge in [-0.2, -0.15) is 5.10 Å². The third-order valence-electron chi connectivity index (χ3n) is 3.43. The van der Waals surface area contributed by atoms with E-state index in [1.165, 1.54) is 24.3 Å². The first-order chi connectivity index (χ1) is 10.6. The standard InChI is InChI=1S/C17H15F2N3/c1-22-16(11-20-15-8-6-14(19)7-9-15)10-17(21-22)12-2-4-13(18)5-3-12/h2-10,20H,11H2,1H3. The lowest BCUT2D eigenvalue weighted by molar-refractivity contribution is 0.627. The maximum atomic E-state index is 13.0. The van der Waals surface area contributed by atoms with Gasteiger partial charge < -0.3 is 5.32 Å². The predicted molar refractivity (Wildman–Crippen MR) is 82.3 cm³/mol. The molecule has 1 aromatic heterocycles. The maximum absolute atomic E-state index is 13.0. The third kappa shape index (κ3) is 3.14. The van der Waals surface area contributed by atoms with E-state index in [9.17, 15) is 8.78 Å². The van der Waals surface area contributed by atoms with E-state index in [1.807, 2.05) is 13.1 Å². The molecule has 0 bridgehead atoms. The SMILES string of the molecule is Cn1nc(-c2ccc(F)cc2)cc1CNc1ccc(F)cc1. The van der Waals surface area contributed by atoms with Crippen LogP contribution in [-0.4, -0.2) is 9.78 Å². The molecule has 3 rings (SSSR count). The lowest BCUT2D eigenvalue weighted by Crippen LogP contribution is -2.05. The second-order valence-electron chi connectivity index (χ2n) is 5.01. The number of aryl methyl sites for hydroxylation is 1. The van der Waals surface area contributed by atoms with Crippen LogP contribution in [-0.2, 0) is 13.6 Å². The molecule has 0 saturated carbocycles. The molecule has 5 heteroatoms. The molecule has 0 saturated heterocycles. The number of halogens is 2. The molecular formula is C17H15F2N3. The van der Waals surface area contributed by atoms with Crippen molar-refractivity contribution in [2.75, 3.05) is 5.32 Å². The Morgan fingerprint density at radius 3 is 2.18 bits per heavy atom. The van der Waals surface area contributed by atoms with Crippen molar-refractivity contribution in [2.45, 2.75) is 6.54 Å². The number of benzene rings is 2. The molecule has 22 heavy (non-hydrogen) atoms. The molecule has 0 aliphatic heterocycles. The van der Waals surface area contributed by atoms with Crippen LogP contribution < -0.4 is 5.32 Å². The first-order valence-corrected chi connectivity index (χ1v) is 6.90. The van der Waals surface area contributed by atoms with Gasteiger partial charge in [0.15, 0.2) is 0 Å². The Labute approximate surface area is 127 Å². The lowest BCUT2D eigenvalue weighted by atomic mass is 10.1. The van der Waals surface area contributed by atoms with E-state index in [2.05, 4.69) is 10.4 Å². The fourth-order valence-corrected chi connectivity index (χ4v) is 2.19. The van der Waals surface area contributed by atoms with Crippen molar-refractivity contribution in [1.29, 1.82) is 0 Å². The molecule has 0 unspecified atom stereocenters. The Balaban J connectivity index is 1.75. The van der Waals surface area contributed by atoms with Gasteiger partial charge in [0, 0.05) is 18.3 Å². The molecular weight excluding hydrogens is 284 g/mol. The van der Waals surface area contributed by atoms with Crippen molar-refractivity contribution >= 4 is 5.69 Å². The summed E-state index contributed by atoms with van der Waals surface area (Å²) in [4.78, 5) is 0. The first-order valence-electron chi connectivity index (χ1n) is 6.90. The Bertz CT molecular complexity index is 762. The number of rotatable bonds is 4. The number of nitrogens with one attached hydrogen (secondary N) is 1. The van der Waals surface area contributed by atoms with Crippen LogP contribution in [0.4, 0.5) is 14.5 Å². The van der Waals surface area contributed by atoms with Crippen LogP contribution in [0.15, 0.2) is 54.6 Å². The van der Waals surface area contributed by atoms with Crippen LogP contribution in [0.2, 0.25) is 0 Å². The van der Waals surface area contributed by atoms with Gasteiger partial charge in [0.1, 0.15) is 11.6 Å². The van der Waals surface area contributed by atoms with Crippen LogP contribution in [0.25, 0.3) is 11.3 Å². The normalized spacial score (nSPS) is 10.7. The molecule has 0 aliphatic rings. The molecule has 0 fully saturated rings. The van der Waals surface area contributed by atoms with Crippen molar-refractivity contribution in [3.63, 3.8) is 0 Å². The zero-order valence-corrected chi connectivity index (χ0v) is 12.1. The number of nitrogens with zero attached hydrogens (tertiary/aromatic N) is 2. The van der Waals surface area contributed by atoms with Gasteiger partial charge in [-0.15, -0.1) is 0 Å². The summed E-state index contributed by atoms with van der Waals surface area (Å²) in [6.07, 6.45) is 0. The highest BCUT2D eigenvalue weighted by atomic mass is 19.1. The summed E-state index contributed by atoms with van der Waals surface area (Å²) >= 11 is 0. The molecule has 0 spiro atoms. The number of anilines is 1. The summed E-state index contributed by atoms with van der Waals surface area (Å²) in [7, 11) is 1.86. The minimum Gasteiger partial charge on any atom is -0.379 e. The van der Waals surface area contributed by atoms with E-state index in [4.69, 9.17) is 0 Å². The topological polar surface area (TPSA) is 29.9 Å². The molecule has 2 aromatic carbocycles. The van der Waals surface area contributed by atoms with E-state index in [0.717, 1.165) is 22.6 Å². The molecule has 112 valence electrons. The van der Waals surface area contributed by atoms with E-state index in [0.29, 0.717) is 6.54 Å². The van der Waals surface area contributed by atoms with Crippen LogP contribution in [0, 0.1) is 11.6 Å². The Morgan fingerprint density at radius 2 is 1.55 bits per heavy atom. The summed E-state index contributed by atoms with van der Waals surface area (Å²) < 4.78 is 27.6. The van der Waals surface area contributed by atoms with Crippen LogP contribution in [0.1, 0.15) is 5.69 Å². The lowest BCUT2D eigenvalue weighted by Gasteiger charge is -2.06. The molecule has 0 amide bonds. The highest BCUT2D eigenvalue weighted by Gasteiger charge is 2.07. The smallest absolute Gasteiger partial charge is 0.123 e. The zero-order valence-electron chi connectivity index (χ0n) is 12.1. The Hall–Kier alpha value is -2.69. The minimum absolute atomic E-state index is 0.260. The minimum atomic E-state index is -0.266. The van der Waals surface area contributed by atoms with Gasteiger partial charge in [0.2, 0.25) is 0 Å². The quantitative estimate of drug-likeness (QED) is 0.790. The highest BCUT2D eigenvalue weighted by molar-refractivity contribution is 5.59. The average molecular weight is 299 g/mol. The molecule has 0 atom stereocenters. The predicted octanol–water partition coefficient (Wildman–Crippen LogP) is 3.98. The third-order valence-corrected chi connectivity index (χ3v) is 3.43. The second kappa shape index (κ2) is 5.97. The summed E-state index contributed by atoms with van der Waals surface area (Å²) in [5, 5.41) is 7.65. The molecule has 3 aromatic rings. The summed E-state index contributed by atoms with van der Waals surface area (Å²) in [6, 6.07) is 14.4. The van der Waals surface area contributed by atoms with E-state index < -0.39 is 0 Å². The molecule has 1 N–H and O–H groups in total. The summed E-state index contributed by atoms with van der Waals surface area (Å²) in [5.41, 5.74) is 3.47. The van der Waals surface area contributed by atoms with Crippen LogP contribution >= 0.6 is 0 Å². The maximum Gasteiger partial charge on any atom is 0.123 e. The molecule has 0 aliphatic carbocycles. The van der Waals surface area contributed by atoms with Crippen molar-refractivity contribution in [3.8, 4) is 11.3 Å². The zero-order chi connectivity index (χ0) is 15.5. The van der Waals surface area contributed by atoms with Crippen molar-refractivity contribution in [1.82, 2.24) is 9.78 Å². The fraction of sp³-hybridized carbons (Fsp3) is 0.118. The van der Waals surface area contributed by atoms with Gasteiger partial charge in [0.25, 0.3) is 0 Å². The van der Waals surface area contributed by atoms with Gasteiger partial charge in [-0.3, -0.25) is 4.68 Å². The van der Waals surface area contributed by atoms with Gasteiger partial charge in [-0.1, -0.05) is 0 Å². The van der Waals surface area contributed by atoms with E-state index in [1.54, 1.807) is 28.9 Å². The monoisotopic (exact) mass is 299 g/mol. The van der Waals surface area contributed by atoms with Crippen molar-refractivity contribution in [2.24, 2.45) is 7.05 Å². The van der Waals surface area contributed by atoms with Crippen molar-refractivity contribution < 1.29 is 8.78 Å². The van der Waals surface area contributed by atoms with Gasteiger partial charge >= 0.3 is 0 Å². The van der Waals surface area contributed by atoms with Crippen LogP contribution in [0.3, 0.4) is 0 Å². The second-order valence-corrected chi connectivity index (χ2v) is 5.01. The molecule has 0 radical (unpaired) electrons. The highest BCUT2D eigenvalue weighted by Crippen LogP contribution is 2.20. The van der Waals surface area contributed by atoms with Crippen LogP contribution in [0.5, 0.6) is 0 Å². The number of hydrogen-bond donors (Lipinski definition) is 1. The Morgan fingerprint density at radius 1 is 0.955 bits per heavy atom. The number of aromatic nitrogens is 2. The summed E-state index contributed by atoms with van der Waals surface area (Å²) in [6.45, 7) is 0.566. The Kier molecular flexibility index (Phi) is 3.87.